The van der Waals surface area contributed by atoms with Crippen LogP contribution in [-0.2, 0) is 11.3 Å². The van der Waals surface area contributed by atoms with Crippen LogP contribution in [0.2, 0.25) is 0 Å². The van der Waals surface area contributed by atoms with Gasteiger partial charge in [-0.25, -0.2) is 4.79 Å². The van der Waals surface area contributed by atoms with Crippen LogP contribution in [0, 0.1) is 0 Å². The van der Waals surface area contributed by atoms with Crippen molar-refractivity contribution in [3.8, 4) is 23.0 Å². The zero-order chi connectivity index (χ0) is 26.2. The molecule has 36 heavy (non-hydrogen) atoms. The Bertz CT molecular complexity index is 1190. The van der Waals surface area contributed by atoms with Crippen molar-refractivity contribution in [3.63, 3.8) is 0 Å². The molecule has 0 bridgehead atoms. The van der Waals surface area contributed by atoms with Crippen LogP contribution in [0.1, 0.15) is 34.5 Å². The SMILES string of the molecule is COc1cc(CN(C(=O)COc2c(Br)cccc2C(=O)O)[C@H](C)c2ccccc2)cc(OC)c1OC. The Kier molecular flexibility index (Phi) is 9.19. The highest BCUT2D eigenvalue weighted by Crippen LogP contribution is 2.39. The summed E-state index contributed by atoms with van der Waals surface area (Å²) in [6.45, 7) is 1.79. The van der Waals surface area contributed by atoms with E-state index in [2.05, 4.69) is 15.9 Å². The maximum atomic E-state index is 13.5. The standard InChI is InChI=1S/C27H28BrNO7/c1-17(19-9-6-5-7-10-19)29(15-18-13-22(33-2)26(35-4)23(14-18)34-3)24(30)16-36-25-20(27(31)32)11-8-12-21(25)28/h5-14,17H,15-16H2,1-4H3,(H,31,32)/t17-/m1/s1. The molecule has 1 amide bonds. The van der Waals surface area contributed by atoms with Crippen molar-refractivity contribution in [2.75, 3.05) is 27.9 Å². The maximum absolute atomic E-state index is 13.5. The summed E-state index contributed by atoms with van der Waals surface area (Å²) in [6.07, 6.45) is 0. The van der Waals surface area contributed by atoms with E-state index in [4.69, 9.17) is 18.9 Å². The van der Waals surface area contributed by atoms with Crippen molar-refractivity contribution in [3.05, 3.63) is 81.8 Å². The average Bonchev–Trinajstić information content (AvgIpc) is 2.89. The summed E-state index contributed by atoms with van der Waals surface area (Å²) in [4.78, 5) is 26.8. The van der Waals surface area contributed by atoms with Gasteiger partial charge in [0.1, 0.15) is 11.3 Å². The number of carbonyl (C=O) groups is 2. The summed E-state index contributed by atoms with van der Waals surface area (Å²) in [6, 6.07) is 17.6. The Morgan fingerprint density at radius 3 is 2.11 bits per heavy atom. The predicted molar refractivity (Wildman–Crippen MR) is 138 cm³/mol. The van der Waals surface area contributed by atoms with Gasteiger partial charge in [-0.15, -0.1) is 0 Å². The van der Waals surface area contributed by atoms with Gasteiger partial charge in [-0.1, -0.05) is 36.4 Å². The van der Waals surface area contributed by atoms with E-state index in [0.29, 0.717) is 21.7 Å². The van der Waals surface area contributed by atoms with Gasteiger partial charge in [0, 0.05) is 6.54 Å². The molecule has 0 aromatic heterocycles. The second kappa shape index (κ2) is 12.3. The van der Waals surface area contributed by atoms with Gasteiger partial charge >= 0.3 is 5.97 Å². The highest BCUT2D eigenvalue weighted by Gasteiger charge is 2.25. The molecule has 0 heterocycles. The fourth-order valence-corrected chi connectivity index (χ4v) is 4.30. The lowest BCUT2D eigenvalue weighted by Gasteiger charge is -2.30. The third-order valence-corrected chi connectivity index (χ3v) is 6.31. The molecule has 0 saturated heterocycles. The van der Waals surface area contributed by atoms with E-state index in [0.717, 1.165) is 11.1 Å². The summed E-state index contributed by atoms with van der Waals surface area (Å²) >= 11 is 3.31. The van der Waals surface area contributed by atoms with Crippen LogP contribution < -0.4 is 18.9 Å². The zero-order valence-corrected chi connectivity index (χ0v) is 22.1. The maximum Gasteiger partial charge on any atom is 0.339 e. The number of halogens is 1. The number of amides is 1. The van der Waals surface area contributed by atoms with Crippen LogP contribution in [0.4, 0.5) is 0 Å². The van der Waals surface area contributed by atoms with Gasteiger partial charge in [-0.05, 0) is 58.2 Å². The number of rotatable bonds is 11. The fourth-order valence-electron chi connectivity index (χ4n) is 3.82. The van der Waals surface area contributed by atoms with Crippen LogP contribution in [0.3, 0.4) is 0 Å². The number of hydrogen-bond donors (Lipinski definition) is 1. The van der Waals surface area contributed by atoms with Gasteiger partial charge in [-0.2, -0.15) is 0 Å². The predicted octanol–water partition coefficient (Wildman–Crippen LogP) is 5.34. The van der Waals surface area contributed by atoms with Crippen molar-refractivity contribution in [2.45, 2.75) is 19.5 Å². The van der Waals surface area contributed by atoms with Gasteiger partial charge in [0.25, 0.3) is 5.91 Å². The minimum absolute atomic E-state index is 0.0375. The quantitative estimate of drug-likeness (QED) is 0.340. The summed E-state index contributed by atoms with van der Waals surface area (Å²) in [7, 11) is 4.59. The molecule has 1 atom stereocenters. The Balaban J connectivity index is 1.94. The molecule has 1 N–H and O–H groups in total. The largest absolute Gasteiger partial charge is 0.493 e. The fraction of sp³-hybridized carbons (Fsp3) is 0.259. The third-order valence-electron chi connectivity index (χ3n) is 5.68. The van der Waals surface area contributed by atoms with Crippen LogP contribution in [0.15, 0.2) is 65.1 Å². The lowest BCUT2D eigenvalue weighted by atomic mass is 10.1. The van der Waals surface area contributed by atoms with Crippen molar-refractivity contribution in [1.29, 1.82) is 0 Å². The third kappa shape index (κ3) is 6.09. The number of aromatic carboxylic acids is 1. The van der Waals surface area contributed by atoms with Crippen molar-refractivity contribution in [1.82, 2.24) is 4.90 Å². The average molecular weight is 558 g/mol. The molecule has 0 aliphatic rings. The summed E-state index contributed by atoms with van der Waals surface area (Å²) in [5.74, 6) is 0.0249. The van der Waals surface area contributed by atoms with Crippen molar-refractivity contribution >= 4 is 27.8 Å². The molecule has 0 aliphatic heterocycles. The van der Waals surface area contributed by atoms with Crippen LogP contribution in [-0.4, -0.2) is 49.8 Å². The van der Waals surface area contributed by atoms with E-state index in [1.54, 1.807) is 29.2 Å². The molecule has 0 aliphatic carbocycles. The van der Waals surface area contributed by atoms with Crippen LogP contribution in [0.25, 0.3) is 0 Å². The number of carboxylic acids is 1. The first-order valence-electron chi connectivity index (χ1n) is 11.1. The Labute approximate surface area is 218 Å². The second-order valence-corrected chi connectivity index (χ2v) is 8.71. The molecule has 0 fully saturated rings. The minimum Gasteiger partial charge on any atom is -0.493 e. The second-order valence-electron chi connectivity index (χ2n) is 7.85. The summed E-state index contributed by atoms with van der Waals surface area (Å²) < 4.78 is 22.5. The van der Waals surface area contributed by atoms with Crippen LogP contribution in [0.5, 0.6) is 23.0 Å². The molecule has 3 aromatic carbocycles. The highest BCUT2D eigenvalue weighted by atomic mass is 79.9. The topological polar surface area (TPSA) is 94.5 Å². The minimum atomic E-state index is -1.15. The molecular weight excluding hydrogens is 530 g/mol. The molecular formula is C27H28BrNO7. The van der Waals surface area contributed by atoms with Gasteiger partial charge in [0.15, 0.2) is 18.1 Å². The Hall–Kier alpha value is -3.72. The number of ether oxygens (including phenoxy) is 4. The monoisotopic (exact) mass is 557 g/mol. The number of carbonyl (C=O) groups excluding carboxylic acids is 1. The van der Waals surface area contributed by atoms with Gasteiger partial charge < -0.3 is 29.0 Å². The highest BCUT2D eigenvalue weighted by molar-refractivity contribution is 9.10. The Morgan fingerprint density at radius 1 is 0.917 bits per heavy atom. The number of methoxy groups -OCH3 is 3. The van der Waals surface area contributed by atoms with E-state index in [1.165, 1.54) is 27.4 Å². The first-order chi connectivity index (χ1) is 17.3. The molecule has 9 heteroatoms. The molecule has 0 saturated carbocycles. The molecule has 8 nitrogen and oxygen atoms in total. The number of carboxylic acid groups (broad SMARTS) is 1. The first kappa shape index (κ1) is 26.9. The molecule has 3 aromatic rings. The van der Waals surface area contributed by atoms with Crippen molar-refractivity contribution < 1.29 is 33.6 Å². The molecule has 0 unspecified atom stereocenters. The van der Waals surface area contributed by atoms with E-state index in [-0.39, 0.29) is 36.4 Å². The summed E-state index contributed by atoms with van der Waals surface area (Å²) in [5.41, 5.74) is 1.66. The van der Waals surface area contributed by atoms with Gasteiger partial charge in [0.05, 0.1) is 31.8 Å². The van der Waals surface area contributed by atoms with E-state index < -0.39 is 5.97 Å². The molecule has 0 spiro atoms. The smallest absolute Gasteiger partial charge is 0.339 e. The lowest BCUT2D eigenvalue weighted by Crippen LogP contribution is -2.36. The van der Waals surface area contributed by atoms with Gasteiger partial charge in [-0.3, -0.25) is 4.79 Å². The Morgan fingerprint density at radius 2 is 1.56 bits per heavy atom. The summed E-state index contributed by atoms with van der Waals surface area (Å²) in [5, 5.41) is 9.51. The number of para-hydroxylation sites is 1. The number of benzene rings is 3. The zero-order valence-electron chi connectivity index (χ0n) is 20.5. The van der Waals surface area contributed by atoms with Crippen LogP contribution >= 0.6 is 15.9 Å². The molecule has 3 rings (SSSR count). The van der Waals surface area contributed by atoms with Gasteiger partial charge in [0.2, 0.25) is 5.75 Å². The number of hydrogen-bond acceptors (Lipinski definition) is 6. The normalized spacial score (nSPS) is 11.4. The molecule has 190 valence electrons. The molecule has 0 radical (unpaired) electrons. The van der Waals surface area contributed by atoms with E-state index in [9.17, 15) is 14.7 Å². The van der Waals surface area contributed by atoms with E-state index in [1.807, 2.05) is 37.3 Å². The first-order valence-corrected chi connectivity index (χ1v) is 11.9. The van der Waals surface area contributed by atoms with E-state index >= 15 is 0 Å². The number of nitrogens with zero attached hydrogens (tertiary/aromatic N) is 1. The van der Waals surface area contributed by atoms with Crippen molar-refractivity contribution in [2.24, 2.45) is 0 Å². The lowest BCUT2D eigenvalue weighted by molar-refractivity contribution is -0.136.